The van der Waals surface area contributed by atoms with Crippen LogP contribution in [0, 0.1) is 0 Å². The van der Waals surface area contributed by atoms with E-state index in [2.05, 4.69) is 4.74 Å². The van der Waals surface area contributed by atoms with Crippen molar-refractivity contribution >= 4 is 35.3 Å². The lowest BCUT2D eigenvalue weighted by atomic mass is 10.2. The predicted molar refractivity (Wildman–Crippen MR) is 77.1 cm³/mol. The molecule has 7 heteroatoms. The number of carboxylic acids is 1. The van der Waals surface area contributed by atoms with Gasteiger partial charge in [0.05, 0.1) is 7.11 Å². The van der Waals surface area contributed by atoms with E-state index in [1.165, 1.54) is 23.3 Å². The van der Waals surface area contributed by atoms with Crippen LogP contribution in [0.4, 0.5) is 0 Å². The van der Waals surface area contributed by atoms with Crippen molar-refractivity contribution in [2.24, 2.45) is 0 Å². The van der Waals surface area contributed by atoms with Gasteiger partial charge in [-0.1, -0.05) is 6.08 Å². The number of thiophene rings is 1. The first-order valence-corrected chi connectivity index (χ1v) is 7.21. The average Bonchev–Trinajstić information content (AvgIpc) is 3.06. The minimum absolute atomic E-state index is 0.145. The van der Waals surface area contributed by atoms with Gasteiger partial charge < -0.3 is 14.7 Å². The Morgan fingerprint density at radius 1 is 1.52 bits per heavy atom. The highest BCUT2D eigenvalue weighted by molar-refractivity contribution is 7.14. The number of hydrogen-bond donors (Lipinski definition) is 1. The highest BCUT2D eigenvalue weighted by atomic mass is 32.1. The number of nitrogens with zero attached hydrogens (tertiary/aromatic N) is 1. The van der Waals surface area contributed by atoms with Crippen LogP contribution in [0.2, 0.25) is 0 Å². The quantitative estimate of drug-likeness (QED) is 0.836. The van der Waals surface area contributed by atoms with Gasteiger partial charge in [-0.25, -0.2) is 9.59 Å². The fourth-order valence-corrected chi connectivity index (χ4v) is 3.01. The van der Waals surface area contributed by atoms with Crippen LogP contribution in [0.15, 0.2) is 18.2 Å². The van der Waals surface area contributed by atoms with Crippen LogP contribution in [-0.2, 0) is 14.3 Å². The maximum Gasteiger partial charge on any atom is 0.348 e. The lowest BCUT2D eigenvalue weighted by Crippen LogP contribution is -2.38. The zero-order valence-corrected chi connectivity index (χ0v) is 12.3. The molecule has 0 aliphatic carbocycles. The lowest BCUT2D eigenvalue weighted by Gasteiger charge is -2.19. The number of aliphatic carboxylic acids is 1. The standard InChI is InChI=1S/C14H15NO5S/c1-20-14(19)11-6-4-9(21-11)3-2-8-15-10(13(17)18)5-7-12(15)16/h2-4,6,10H,5,7-8H2,1H3,(H,17,18). The van der Waals surface area contributed by atoms with Crippen molar-refractivity contribution in [2.75, 3.05) is 13.7 Å². The van der Waals surface area contributed by atoms with E-state index in [0.29, 0.717) is 11.3 Å². The van der Waals surface area contributed by atoms with Crippen LogP contribution >= 0.6 is 11.3 Å². The third-order valence-corrected chi connectivity index (χ3v) is 4.24. The van der Waals surface area contributed by atoms with Gasteiger partial charge in [-0.15, -0.1) is 11.3 Å². The van der Waals surface area contributed by atoms with Crippen molar-refractivity contribution in [2.45, 2.75) is 18.9 Å². The van der Waals surface area contributed by atoms with Crippen LogP contribution < -0.4 is 0 Å². The van der Waals surface area contributed by atoms with Crippen molar-refractivity contribution in [3.05, 3.63) is 28.0 Å². The summed E-state index contributed by atoms with van der Waals surface area (Å²) in [7, 11) is 1.32. The van der Waals surface area contributed by atoms with Gasteiger partial charge in [0.15, 0.2) is 0 Å². The summed E-state index contributed by atoms with van der Waals surface area (Å²) in [4.78, 5) is 36.7. The highest BCUT2D eigenvalue weighted by Gasteiger charge is 2.34. The molecule has 0 radical (unpaired) electrons. The Balaban J connectivity index is 1.98. The molecule has 21 heavy (non-hydrogen) atoms. The number of rotatable bonds is 5. The number of amides is 1. The molecule has 1 aliphatic rings. The minimum Gasteiger partial charge on any atom is -0.480 e. The average molecular weight is 309 g/mol. The molecule has 1 unspecified atom stereocenters. The molecule has 1 fully saturated rings. The number of carbonyl (C=O) groups excluding carboxylic acids is 2. The number of ether oxygens (including phenoxy) is 1. The number of esters is 1. The first kappa shape index (κ1) is 15.2. The summed E-state index contributed by atoms with van der Waals surface area (Å²) in [6.45, 7) is 0.251. The van der Waals surface area contributed by atoms with Crippen molar-refractivity contribution < 1.29 is 24.2 Å². The highest BCUT2D eigenvalue weighted by Crippen LogP contribution is 2.21. The second-order valence-corrected chi connectivity index (χ2v) is 5.65. The molecule has 2 heterocycles. The van der Waals surface area contributed by atoms with Crippen molar-refractivity contribution in [3.8, 4) is 0 Å². The van der Waals surface area contributed by atoms with Gasteiger partial charge in [0.1, 0.15) is 10.9 Å². The van der Waals surface area contributed by atoms with E-state index in [0.717, 1.165) is 4.88 Å². The fourth-order valence-electron chi connectivity index (χ4n) is 2.15. The van der Waals surface area contributed by atoms with Gasteiger partial charge in [0.2, 0.25) is 5.91 Å². The fraction of sp³-hybridized carbons (Fsp3) is 0.357. The summed E-state index contributed by atoms with van der Waals surface area (Å²) in [5.74, 6) is -1.51. The summed E-state index contributed by atoms with van der Waals surface area (Å²) < 4.78 is 4.62. The molecule has 1 saturated heterocycles. The Hall–Kier alpha value is -2.15. The monoisotopic (exact) mass is 309 g/mol. The molecule has 1 atom stereocenters. The number of carboxylic acid groups (broad SMARTS) is 1. The molecule has 1 aliphatic heterocycles. The summed E-state index contributed by atoms with van der Waals surface area (Å²) in [6.07, 6.45) is 4.12. The van der Waals surface area contributed by atoms with Crippen LogP contribution in [0.3, 0.4) is 0 Å². The summed E-state index contributed by atoms with van der Waals surface area (Å²) >= 11 is 1.27. The first-order chi connectivity index (χ1) is 10.0. The third-order valence-electron chi connectivity index (χ3n) is 3.21. The Morgan fingerprint density at radius 2 is 2.29 bits per heavy atom. The Kier molecular flexibility index (Phi) is 4.74. The number of hydrogen-bond acceptors (Lipinski definition) is 5. The van der Waals surface area contributed by atoms with Crippen LogP contribution in [0.25, 0.3) is 6.08 Å². The molecular weight excluding hydrogens is 294 g/mol. The third kappa shape index (κ3) is 3.49. The van der Waals surface area contributed by atoms with Gasteiger partial charge >= 0.3 is 11.9 Å². The molecule has 1 aromatic heterocycles. The SMILES string of the molecule is COC(=O)c1ccc(C=CCN2C(=O)CCC2C(=O)O)s1. The van der Waals surface area contributed by atoms with Crippen LogP contribution in [0.5, 0.6) is 0 Å². The molecule has 0 spiro atoms. The van der Waals surface area contributed by atoms with Gasteiger partial charge in [-0.2, -0.15) is 0 Å². The smallest absolute Gasteiger partial charge is 0.348 e. The second kappa shape index (κ2) is 6.53. The van der Waals surface area contributed by atoms with E-state index in [4.69, 9.17) is 5.11 Å². The minimum atomic E-state index is -0.974. The Morgan fingerprint density at radius 3 is 2.95 bits per heavy atom. The Bertz CT molecular complexity index is 592. The van der Waals surface area contributed by atoms with Crippen molar-refractivity contribution in [1.82, 2.24) is 4.90 Å². The molecule has 1 amide bonds. The van der Waals surface area contributed by atoms with Crippen LogP contribution in [-0.4, -0.2) is 47.5 Å². The molecule has 0 aromatic carbocycles. The molecule has 2 rings (SSSR count). The van der Waals surface area contributed by atoms with Crippen LogP contribution in [0.1, 0.15) is 27.4 Å². The normalized spacial score (nSPS) is 18.4. The number of likely N-dealkylation sites (tertiary alicyclic amines) is 1. The van der Waals surface area contributed by atoms with E-state index in [9.17, 15) is 14.4 Å². The van der Waals surface area contributed by atoms with E-state index in [-0.39, 0.29) is 24.8 Å². The second-order valence-electron chi connectivity index (χ2n) is 4.53. The molecule has 112 valence electrons. The molecule has 1 N–H and O–H groups in total. The summed E-state index contributed by atoms with van der Waals surface area (Å²) in [5, 5.41) is 9.04. The lowest BCUT2D eigenvalue weighted by molar-refractivity contribution is -0.145. The maximum atomic E-state index is 11.6. The van der Waals surface area contributed by atoms with Crippen molar-refractivity contribution in [1.29, 1.82) is 0 Å². The maximum absolute atomic E-state index is 11.6. The molecule has 6 nitrogen and oxygen atoms in total. The number of carbonyl (C=O) groups is 3. The molecule has 1 aromatic rings. The molecular formula is C14H15NO5S. The van der Waals surface area contributed by atoms with Gasteiger partial charge in [-0.3, -0.25) is 4.79 Å². The first-order valence-electron chi connectivity index (χ1n) is 6.40. The largest absolute Gasteiger partial charge is 0.480 e. The van der Waals surface area contributed by atoms with Crippen molar-refractivity contribution in [3.63, 3.8) is 0 Å². The van der Waals surface area contributed by atoms with Gasteiger partial charge in [-0.05, 0) is 24.6 Å². The van der Waals surface area contributed by atoms with E-state index >= 15 is 0 Å². The predicted octanol–water partition coefficient (Wildman–Crippen LogP) is 1.62. The Labute approximate surface area is 125 Å². The van der Waals surface area contributed by atoms with Gasteiger partial charge in [0.25, 0.3) is 0 Å². The van der Waals surface area contributed by atoms with Gasteiger partial charge in [0, 0.05) is 17.8 Å². The molecule has 0 saturated carbocycles. The van der Waals surface area contributed by atoms with E-state index in [1.54, 1.807) is 24.3 Å². The number of methoxy groups -OCH3 is 1. The zero-order valence-electron chi connectivity index (χ0n) is 11.4. The van der Waals surface area contributed by atoms with E-state index in [1.807, 2.05) is 0 Å². The van der Waals surface area contributed by atoms with E-state index < -0.39 is 12.0 Å². The topological polar surface area (TPSA) is 83.9 Å². The molecule has 0 bridgehead atoms. The zero-order chi connectivity index (χ0) is 15.4. The summed E-state index contributed by atoms with van der Waals surface area (Å²) in [6, 6.07) is 2.70. The summed E-state index contributed by atoms with van der Waals surface area (Å²) in [5.41, 5.74) is 0.